The lowest BCUT2D eigenvalue weighted by atomic mass is 9.57. The number of fused-ring (bicyclic) bond motifs is 5. The number of phenolic OH excluding ortho intramolecular Hbond substituents is 1. The minimum Gasteiger partial charge on any atom is -0.508 e. The van der Waals surface area contributed by atoms with E-state index in [4.69, 9.17) is 0 Å². The van der Waals surface area contributed by atoms with Gasteiger partial charge in [0, 0.05) is 18.3 Å². The number of ketones is 1. The monoisotopic (exact) mass is 288 g/mol. The highest BCUT2D eigenvalue weighted by Crippen LogP contribution is 2.56. The van der Waals surface area contributed by atoms with E-state index >= 15 is 0 Å². The Hall–Kier alpha value is -1.38. The van der Waals surface area contributed by atoms with Gasteiger partial charge in [0.15, 0.2) is 0 Å². The van der Waals surface area contributed by atoms with Crippen molar-refractivity contribution >= 4 is 5.78 Å². The highest BCUT2D eigenvalue weighted by atomic mass is 19.1. The molecule has 1 N–H and O–H groups in total. The topological polar surface area (TPSA) is 37.3 Å². The molecular formula is C18H21FO2. The molecule has 0 saturated heterocycles. The summed E-state index contributed by atoms with van der Waals surface area (Å²) in [5.41, 5.74) is 2.16. The van der Waals surface area contributed by atoms with E-state index in [0.717, 1.165) is 24.0 Å². The van der Waals surface area contributed by atoms with Gasteiger partial charge in [-0.25, -0.2) is 4.39 Å². The molecule has 0 bridgehead atoms. The third kappa shape index (κ3) is 1.86. The summed E-state index contributed by atoms with van der Waals surface area (Å²) in [5, 5.41) is 9.68. The van der Waals surface area contributed by atoms with Crippen molar-refractivity contribution in [2.24, 2.45) is 23.7 Å². The van der Waals surface area contributed by atoms with Crippen LogP contribution in [0.2, 0.25) is 0 Å². The molecule has 2 nitrogen and oxygen atoms in total. The summed E-state index contributed by atoms with van der Waals surface area (Å²) >= 11 is 0. The molecule has 0 aromatic heterocycles. The van der Waals surface area contributed by atoms with E-state index in [2.05, 4.69) is 6.92 Å². The van der Waals surface area contributed by atoms with Gasteiger partial charge in [-0.05, 0) is 60.3 Å². The minimum absolute atomic E-state index is 0.0395. The van der Waals surface area contributed by atoms with E-state index < -0.39 is 6.17 Å². The van der Waals surface area contributed by atoms with Gasteiger partial charge in [0.1, 0.15) is 17.7 Å². The van der Waals surface area contributed by atoms with Gasteiger partial charge in [-0.15, -0.1) is 0 Å². The summed E-state index contributed by atoms with van der Waals surface area (Å²) < 4.78 is 14.9. The summed E-state index contributed by atoms with van der Waals surface area (Å²) in [5.74, 6) is 1.44. The molecule has 4 unspecified atom stereocenters. The number of carbonyl (C=O) groups is 1. The Balaban J connectivity index is 1.79. The van der Waals surface area contributed by atoms with Gasteiger partial charge in [-0.1, -0.05) is 13.0 Å². The molecule has 4 rings (SSSR count). The number of halogens is 1. The summed E-state index contributed by atoms with van der Waals surface area (Å²) in [7, 11) is 0. The number of carbonyl (C=O) groups excluding carboxylic acids is 1. The molecule has 3 heteroatoms. The molecule has 2 fully saturated rings. The van der Waals surface area contributed by atoms with E-state index in [1.54, 1.807) is 12.1 Å². The molecule has 112 valence electrons. The molecule has 0 aliphatic heterocycles. The lowest BCUT2D eigenvalue weighted by molar-refractivity contribution is -0.124. The summed E-state index contributed by atoms with van der Waals surface area (Å²) in [6.45, 7) is 2.18. The summed E-state index contributed by atoms with van der Waals surface area (Å²) in [4.78, 5) is 12.0. The van der Waals surface area contributed by atoms with Crippen LogP contribution in [0.3, 0.4) is 0 Å². The summed E-state index contributed by atoms with van der Waals surface area (Å²) in [6.07, 6.45) is 1.94. The van der Waals surface area contributed by atoms with E-state index in [0.29, 0.717) is 24.7 Å². The molecule has 1 aromatic rings. The average Bonchev–Trinajstić information content (AvgIpc) is 2.79. The average molecular weight is 288 g/mol. The molecule has 3 aliphatic rings. The zero-order chi connectivity index (χ0) is 14.7. The second-order valence-electron chi connectivity index (χ2n) is 7.19. The quantitative estimate of drug-likeness (QED) is 0.791. The number of aromatic hydroxyl groups is 1. The number of alkyl halides is 1. The summed E-state index contributed by atoms with van der Waals surface area (Å²) in [6, 6.07) is 5.36. The van der Waals surface area contributed by atoms with Gasteiger partial charge < -0.3 is 5.11 Å². The largest absolute Gasteiger partial charge is 0.508 e. The first-order valence-electron chi connectivity index (χ1n) is 8.05. The highest BCUT2D eigenvalue weighted by molar-refractivity contribution is 5.83. The fourth-order valence-corrected chi connectivity index (χ4v) is 5.35. The lowest BCUT2D eigenvalue weighted by Crippen LogP contribution is -2.45. The van der Waals surface area contributed by atoms with E-state index in [1.165, 1.54) is 0 Å². The third-order valence-corrected chi connectivity index (χ3v) is 6.12. The zero-order valence-electron chi connectivity index (χ0n) is 12.3. The molecular weight excluding hydrogens is 267 g/mol. The number of hydrogen-bond acceptors (Lipinski definition) is 2. The maximum atomic E-state index is 14.9. The fourth-order valence-electron chi connectivity index (χ4n) is 5.35. The van der Waals surface area contributed by atoms with Crippen LogP contribution in [0.25, 0.3) is 0 Å². The van der Waals surface area contributed by atoms with Crippen molar-refractivity contribution < 1.29 is 14.3 Å². The molecule has 0 amide bonds. The lowest BCUT2D eigenvalue weighted by Gasteiger charge is -2.48. The fraction of sp³-hybridized carbons (Fsp3) is 0.611. The van der Waals surface area contributed by atoms with Crippen molar-refractivity contribution in [3.8, 4) is 5.75 Å². The number of rotatable bonds is 0. The first kappa shape index (κ1) is 13.3. The highest BCUT2D eigenvalue weighted by Gasteiger charge is 2.53. The first-order valence-corrected chi connectivity index (χ1v) is 8.05. The van der Waals surface area contributed by atoms with Crippen LogP contribution in [0.15, 0.2) is 18.2 Å². The number of phenols is 1. The van der Waals surface area contributed by atoms with Crippen LogP contribution in [-0.2, 0) is 11.2 Å². The smallest absolute Gasteiger partial charge is 0.136 e. The van der Waals surface area contributed by atoms with Crippen LogP contribution in [0.1, 0.15) is 43.2 Å². The van der Waals surface area contributed by atoms with Crippen molar-refractivity contribution in [1.82, 2.24) is 0 Å². The Morgan fingerprint density at radius 3 is 2.95 bits per heavy atom. The molecule has 3 aliphatic carbocycles. The van der Waals surface area contributed by atoms with Gasteiger partial charge in [0.05, 0.1) is 0 Å². The number of hydrogen-bond donors (Lipinski definition) is 1. The van der Waals surface area contributed by atoms with Crippen molar-refractivity contribution in [2.75, 3.05) is 0 Å². The molecule has 0 spiro atoms. The van der Waals surface area contributed by atoms with Crippen LogP contribution in [0.5, 0.6) is 5.75 Å². The second kappa shape index (κ2) is 4.56. The maximum absolute atomic E-state index is 14.9. The standard InChI is InChI=1S/C18H21FO2/c1-9-6-10-7-11(20)2-3-12(10)18-15(19)8-14-13(17(9)18)4-5-16(14)21/h2-3,7,9,13-15,17-18,20H,4-6,8H2,1H3/t9-,13?,14?,15+,17?,18?/m1/s1. The van der Waals surface area contributed by atoms with Crippen LogP contribution in [-0.4, -0.2) is 17.1 Å². The van der Waals surface area contributed by atoms with Crippen LogP contribution in [0, 0.1) is 23.7 Å². The maximum Gasteiger partial charge on any atom is 0.136 e. The molecule has 0 heterocycles. The van der Waals surface area contributed by atoms with Crippen molar-refractivity contribution in [3.63, 3.8) is 0 Å². The Morgan fingerprint density at radius 2 is 2.14 bits per heavy atom. The normalized spacial score (nSPS) is 41.3. The van der Waals surface area contributed by atoms with E-state index in [1.807, 2.05) is 6.07 Å². The predicted molar refractivity (Wildman–Crippen MR) is 77.9 cm³/mol. The van der Waals surface area contributed by atoms with Gasteiger partial charge in [-0.3, -0.25) is 4.79 Å². The Kier molecular flexibility index (Phi) is 2.88. The van der Waals surface area contributed by atoms with E-state index in [9.17, 15) is 14.3 Å². The molecule has 0 radical (unpaired) electrons. The Morgan fingerprint density at radius 1 is 1.33 bits per heavy atom. The first-order chi connectivity index (χ1) is 10.1. The molecule has 1 aromatic carbocycles. The van der Waals surface area contributed by atoms with Gasteiger partial charge in [0.2, 0.25) is 0 Å². The van der Waals surface area contributed by atoms with Crippen molar-refractivity contribution in [3.05, 3.63) is 29.3 Å². The van der Waals surface area contributed by atoms with E-state index in [-0.39, 0.29) is 29.3 Å². The predicted octanol–water partition coefficient (Wildman–Crippen LogP) is 3.62. The van der Waals surface area contributed by atoms with Gasteiger partial charge >= 0.3 is 0 Å². The van der Waals surface area contributed by atoms with Crippen LogP contribution >= 0.6 is 0 Å². The molecule has 6 atom stereocenters. The Labute approximate surface area is 124 Å². The zero-order valence-corrected chi connectivity index (χ0v) is 12.3. The Bertz CT molecular complexity index is 597. The second-order valence-corrected chi connectivity index (χ2v) is 7.19. The molecule has 21 heavy (non-hydrogen) atoms. The third-order valence-electron chi connectivity index (χ3n) is 6.12. The SMILES string of the molecule is C[C@@H]1Cc2cc(O)ccc2C2C1C1CCC(=O)C1C[C@@H]2F. The van der Waals surface area contributed by atoms with Crippen LogP contribution < -0.4 is 0 Å². The number of Topliss-reactive ketones (excluding diaryl/α,β-unsaturated/α-hetero) is 1. The molecule has 2 saturated carbocycles. The van der Waals surface area contributed by atoms with Crippen molar-refractivity contribution in [1.29, 1.82) is 0 Å². The van der Waals surface area contributed by atoms with Crippen molar-refractivity contribution in [2.45, 2.75) is 44.7 Å². The number of benzene rings is 1. The van der Waals surface area contributed by atoms with Gasteiger partial charge in [0.25, 0.3) is 0 Å². The van der Waals surface area contributed by atoms with Crippen LogP contribution in [0.4, 0.5) is 4.39 Å². The van der Waals surface area contributed by atoms with Gasteiger partial charge in [-0.2, -0.15) is 0 Å². The minimum atomic E-state index is -0.927.